The fraction of sp³-hybridized carbons (Fsp3) is 0.286. The zero-order valence-electron chi connectivity index (χ0n) is 10.3. The molecule has 0 saturated heterocycles. The zero-order chi connectivity index (χ0) is 12.4. The molecule has 2 aromatic rings. The lowest BCUT2D eigenvalue weighted by atomic mass is 9.98. The Morgan fingerprint density at radius 2 is 1.94 bits per heavy atom. The molecule has 1 nitrogen and oxygen atoms in total. The fourth-order valence-corrected chi connectivity index (χ4v) is 3.12. The Hall–Kier alpha value is -0.830. The molecule has 90 valence electrons. The summed E-state index contributed by atoms with van der Waals surface area (Å²) in [6.45, 7) is 4.20. The summed E-state index contributed by atoms with van der Waals surface area (Å²) < 4.78 is 0. The molecule has 0 radical (unpaired) electrons. The molecule has 0 amide bonds. The van der Waals surface area contributed by atoms with Crippen molar-refractivity contribution in [3.05, 3.63) is 56.2 Å². The van der Waals surface area contributed by atoms with Crippen LogP contribution in [-0.4, -0.2) is 7.05 Å². The first-order valence-corrected chi connectivity index (χ1v) is 6.86. The molecule has 0 saturated carbocycles. The average molecular weight is 266 g/mol. The van der Waals surface area contributed by atoms with Gasteiger partial charge in [0, 0.05) is 9.90 Å². The van der Waals surface area contributed by atoms with Crippen LogP contribution in [0.15, 0.2) is 29.6 Å². The van der Waals surface area contributed by atoms with E-state index >= 15 is 0 Å². The molecule has 3 heteroatoms. The van der Waals surface area contributed by atoms with Crippen LogP contribution in [0, 0.1) is 13.8 Å². The molecule has 0 aliphatic heterocycles. The van der Waals surface area contributed by atoms with Crippen molar-refractivity contribution in [2.24, 2.45) is 0 Å². The third-order valence-electron chi connectivity index (χ3n) is 2.97. The van der Waals surface area contributed by atoms with Crippen molar-refractivity contribution in [2.45, 2.75) is 19.9 Å². The molecule has 1 aromatic heterocycles. The molecule has 1 N–H and O–H groups in total. The molecule has 0 aliphatic rings. The number of benzene rings is 1. The molecule has 0 fully saturated rings. The second kappa shape index (κ2) is 5.21. The van der Waals surface area contributed by atoms with E-state index in [1.54, 1.807) is 11.3 Å². The molecule has 1 atom stereocenters. The van der Waals surface area contributed by atoms with Crippen molar-refractivity contribution >= 4 is 22.9 Å². The van der Waals surface area contributed by atoms with E-state index in [0.29, 0.717) is 0 Å². The monoisotopic (exact) mass is 265 g/mol. The number of nitrogens with one attached hydrogen (secondary N) is 1. The SMILES string of the molecule is CNC(c1ccc(C)cc1Cl)c1ccsc1C. The van der Waals surface area contributed by atoms with E-state index in [1.165, 1.54) is 16.0 Å². The second-order valence-corrected chi connectivity index (χ2v) is 5.71. The smallest absolute Gasteiger partial charge is 0.0599 e. The number of hydrogen-bond donors (Lipinski definition) is 1. The largest absolute Gasteiger partial charge is 0.309 e. The van der Waals surface area contributed by atoms with E-state index in [2.05, 4.69) is 42.7 Å². The molecule has 2 rings (SSSR count). The molecular formula is C14H16ClNS. The van der Waals surface area contributed by atoms with Crippen LogP contribution in [0.5, 0.6) is 0 Å². The number of hydrogen-bond acceptors (Lipinski definition) is 2. The van der Waals surface area contributed by atoms with Crippen molar-refractivity contribution in [1.82, 2.24) is 5.32 Å². The molecule has 0 spiro atoms. The van der Waals surface area contributed by atoms with Gasteiger partial charge in [0.25, 0.3) is 0 Å². The Kier molecular flexibility index (Phi) is 3.87. The van der Waals surface area contributed by atoms with Crippen molar-refractivity contribution in [3.63, 3.8) is 0 Å². The average Bonchev–Trinajstić information content (AvgIpc) is 2.69. The van der Waals surface area contributed by atoms with Crippen LogP contribution in [0.3, 0.4) is 0 Å². The van der Waals surface area contributed by atoms with E-state index in [0.717, 1.165) is 10.6 Å². The number of rotatable bonds is 3. The number of halogens is 1. The van der Waals surface area contributed by atoms with Crippen LogP contribution in [0.1, 0.15) is 27.6 Å². The first kappa shape index (κ1) is 12.6. The summed E-state index contributed by atoms with van der Waals surface area (Å²) in [6, 6.07) is 8.57. The van der Waals surface area contributed by atoms with Crippen LogP contribution >= 0.6 is 22.9 Å². The molecule has 17 heavy (non-hydrogen) atoms. The van der Waals surface area contributed by atoms with Gasteiger partial charge in [-0.3, -0.25) is 0 Å². The van der Waals surface area contributed by atoms with Gasteiger partial charge in [-0.25, -0.2) is 0 Å². The van der Waals surface area contributed by atoms with Crippen LogP contribution < -0.4 is 5.32 Å². The molecule has 0 bridgehead atoms. The standard InChI is InChI=1S/C14H16ClNS/c1-9-4-5-12(13(15)8-9)14(16-3)11-6-7-17-10(11)2/h4-8,14,16H,1-3H3. The van der Waals surface area contributed by atoms with Gasteiger partial charge in [-0.15, -0.1) is 11.3 Å². The van der Waals surface area contributed by atoms with Crippen LogP contribution in [0.2, 0.25) is 5.02 Å². The first-order valence-electron chi connectivity index (χ1n) is 5.60. The maximum atomic E-state index is 6.34. The van der Waals surface area contributed by atoms with Gasteiger partial charge in [0.1, 0.15) is 0 Å². The van der Waals surface area contributed by atoms with Crippen molar-refractivity contribution < 1.29 is 0 Å². The highest BCUT2D eigenvalue weighted by Crippen LogP contribution is 2.32. The first-order chi connectivity index (χ1) is 8.13. The topological polar surface area (TPSA) is 12.0 Å². The lowest BCUT2D eigenvalue weighted by molar-refractivity contribution is 0.691. The normalized spacial score (nSPS) is 12.7. The Bertz CT molecular complexity index is 519. The summed E-state index contributed by atoms with van der Waals surface area (Å²) in [7, 11) is 1.97. The summed E-state index contributed by atoms with van der Waals surface area (Å²) in [4.78, 5) is 1.33. The highest BCUT2D eigenvalue weighted by atomic mass is 35.5. The number of aryl methyl sites for hydroxylation is 2. The minimum absolute atomic E-state index is 0.175. The molecule has 0 aliphatic carbocycles. The minimum atomic E-state index is 0.175. The quantitative estimate of drug-likeness (QED) is 0.871. The third-order valence-corrected chi connectivity index (χ3v) is 4.15. The lowest BCUT2D eigenvalue weighted by Crippen LogP contribution is -2.18. The van der Waals surface area contributed by atoms with Gasteiger partial charge in [0.2, 0.25) is 0 Å². The maximum Gasteiger partial charge on any atom is 0.0599 e. The second-order valence-electron chi connectivity index (χ2n) is 4.18. The van der Waals surface area contributed by atoms with Gasteiger partial charge < -0.3 is 5.32 Å². The highest BCUT2D eigenvalue weighted by molar-refractivity contribution is 7.10. The molecule has 1 heterocycles. The molecular weight excluding hydrogens is 250 g/mol. The molecule has 1 unspecified atom stereocenters. The van der Waals surface area contributed by atoms with Gasteiger partial charge >= 0.3 is 0 Å². The van der Waals surface area contributed by atoms with E-state index in [4.69, 9.17) is 11.6 Å². The summed E-state index contributed by atoms with van der Waals surface area (Å²) in [6.07, 6.45) is 0. The summed E-state index contributed by atoms with van der Waals surface area (Å²) in [5.74, 6) is 0. The summed E-state index contributed by atoms with van der Waals surface area (Å²) >= 11 is 8.10. The predicted molar refractivity (Wildman–Crippen MR) is 76.1 cm³/mol. The van der Waals surface area contributed by atoms with E-state index < -0.39 is 0 Å². The Morgan fingerprint density at radius 1 is 1.18 bits per heavy atom. The Labute approximate surface area is 111 Å². The zero-order valence-corrected chi connectivity index (χ0v) is 11.8. The highest BCUT2D eigenvalue weighted by Gasteiger charge is 2.17. The molecule has 1 aromatic carbocycles. The van der Waals surface area contributed by atoms with Crippen LogP contribution in [0.25, 0.3) is 0 Å². The predicted octanol–water partition coefficient (Wildman–Crippen LogP) is 4.33. The number of thiophene rings is 1. The van der Waals surface area contributed by atoms with E-state index in [1.807, 2.05) is 13.1 Å². The van der Waals surface area contributed by atoms with Crippen molar-refractivity contribution in [3.8, 4) is 0 Å². The van der Waals surface area contributed by atoms with Gasteiger partial charge in [0.15, 0.2) is 0 Å². The van der Waals surface area contributed by atoms with Crippen molar-refractivity contribution in [1.29, 1.82) is 0 Å². The van der Waals surface area contributed by atoms with Gasteiger partial charge in [0.05, 0.1) is 6.04 Å². The van der Waals surface area contributed by atoms with E-state index in [9.17, 15) is 0 Å². The van der Waals surface area contributed by atoms with Crippen molar-refractivity contribution in [2.75, 3.05) is 7.05 Å². The third kappa shape index (κ3) is 2.54. The van der Waals surface area contributed by atoms with Gasteiger partial charge in [-0.05, 0) is 55.1 Å². The summed E-state index contributed by atoms with van der Waals surface area (Å²) in [5, 5.41) is 6.29. The van der Waals surface area contributed by atoms with E-state index in [-0.39, 0.29) is 6.04 Å². The van der Waals surface area contributed by atoms with Gasteiger partial charge in [-0.2, -0.15) is 0 Å². The summed E-state index contributed by atoms with van der Waals surface area (Å²) in [5.41, 5.74) is 3.64. The minimum Gasteiger partial charge on any atom is -0.309 e. The maximum absolute atomic E-state index is 6.34. The lowest BCUT2D eigenvalue weighted by Gasteiger charge is -2.18. The Balaban J connectivity index is 2.46. The Morgan fingerprint density at radius 3 is 2.47 bits per heavy atom. The van der Waals surface area contributed by atoms with Crippen LogP contribution in [0.4, 0.5) is 0 Å². The fourth-order valence-electron chi connectivity index (χ4n) is 2.04. The van der Waals surface area contributed by atoms with Gasteiger partial charge in [-0.1, -0.05) is 23.7 Å². The van der Waals surface area contributed by atoms with Crippen LogP contribution in [-0.2, 0) is 0 Å².